The van der Waals surface area contributed by atoms with Crippen LogP contribution in [0, 0.1) is 5.92 Å². The molecular formula is C14H26O6. The SMILES string of the molecule is CC[C@H]1C(O)[C@@H](O)C(CO)O[C@H]1OCCCCC(C)=O. The Kier molecular flexibility index (Phi) is 7.61. The molecule has 6 nitrogen and oxygen atoms in total. The van der Waals surface area contributed by atoms with Gasteiger partial charge in [0.05, 0.1) is 12.7 Å². The summed E-state index contributed by atoms with van der Waals surface area (Å²) in [7, 11) is 0. The van der Waals surface area contributed by atoms with Crippen LogP contribution < -0.4 is 0 Å². The highest BCUT2D eigenvalue weighted by molar-refractivity contribution is 5.75. The van der Waals surface area contributed by atoms with E-state index < -0.39 is 24.6 Å². The van der Waals surface area contributed by atoms with E-state index in [-0.39, 0.29) is 18.3 Å². The van der Waals surface area contributed by atoms with Crippen molar-refractivity contribution < 1.29 is 29.6 Å². The summed E-state index contributed by atoms with van der Waals surface area (Å²) in [6.07, 6.45) is -0.883. The minimum Gasteiger partial charge on any atom is -0.394 e. The van der Waals surface area contributed by atoms with Gasteiger partial charge in [0.2, 0.25) is 0 Å². The van der Waals surface area contributed by atoms with Gasteiger partial charge in [-0.25, -0.2) is 0 Å². The van der Waals surface area contributed by atoms with Gasteiger partial charge >= 0.3 is 0 Å². The second-order valence-corrected chi connectivity index (χ2v) is 5.31. The predicted octanol–water partition coefficient (Wildman–Crippen LogP) is 0.227. The molecule has 0 amide bonds. The molecular weight excluding hydrogens is 264 g/mol. The first-order valence-corrected chi connectivity index (χ1v) is 7.24. The first kappa shape index (κ1) is 17.5. The monoisotopic (exact) mass is 290 g/mol. The Morgan fingerprint density at radius 3 is 2.50 bits per heavy atom. The van der Waals surface area contributed by atoms with Crippen LogP contribution in [0.3, 0.4) is 0 Å². The molecule has 20 heavy (non-hydrogen) atoms. The molecule has 0 bridgehead atoms. The third kappa shape index (κ3) is 4.79. The van der Waals surface area contributed by atoms with E-state index in [0.717, 1.165) is 12.8 Å². The summed E-state index contributed by atoms with van der Waals surface area (Å²) in [5, 5.41) is 29.0. The van der Waals surface area contributed by atoms with Crippen LogP contribution in [0.2, 0.25) is 0 Å². The number of aliphatic hydroxyl groups excluding tert-OH is 3. The summed E-state index contributed by atoms with van der Waals surface area (Å²) >= 11 is 0. The Labute approximate surface area is 119 Å². The lowest BCUT2D eigenvalue weighted by atomic mass is 9.89. The van der Waals surface area contributed by atoms with E-state index >= 15 is 0 Å². The number of unbranched alkanes of at least 4 members (excludes halogenated alkanes) is 1. The number of Topliss-reactive ketones (excluding diaryl/α,β-unsaturated/α-hetero) is 1. The van der Waals surface area contributed by atoms with E-state index in [9.17, 15) is 15.0 Å². The number of carbonyl (C=O) groups excluding carboxylic acids is 1. The normalized spacial score (nSPS) is 34.1. The van der Waals surface area contributed by atoms with Gasteiger partial charge in [0.25, 0.3) is 0 Å². The van der Waals surface area contributed by atoms with Gasteiger partial charge in [-0.05, 0) is 26.2 Å². The van der Waals surface area contributed by atoms with E-state index in [2.05, 4.69) is 0 Å². The summed E-state index contributed by atoms with van der Waals surface area (Å²) in [4.78, 5) is 10.8. The summed E-state index contributed by atoms with van der Waals surface area (Å²) in [5.41, 5.74) is 0. The van der Waals surface area contributed by atoms with Crippen molar-refractivity contribution in [3.63, 3.8) is 0 Å². The van der Waals surface area contributed by atoms with E-state index in [1.807, 2.05) is 6.92 Å². The van der Waals surface area contributed by atoms with Crippen molar-refractivity contribution in [1.82, 2.24) is 0 Å². The van der Waals surface area contributed by atoms with Crippen molar-refractivity contribution in [3.05, 3.63) is 0 Å². The third-order valence-electron chi connectivity index (χ3n) is 3.68. The standard InChI is InChI=1S/C14H26O6/c1-3-10-12(17)13(18)11(8-15)20-14(10)19-7-5-4-6-9(2)16/h10-15,17-18H,3-8H2,1-2H3/t10-,11?,12?,13-,14+/m0/s1. The van der Waals surface area contributed by atoms with Crippen molar-refractivity contribution >= 4 is 5.78 Å². The molecule has 0 aliphatic carbocycles. The second kappa shape index (κ2) is 8.69. The lowest BCUT2D eigenvalue weighted by Crippen LogP contribution is -2.56. The van der Waals surface area contributed by atoms with Gasteiger partial charge in [-0.15, -0.1) is 0 Å². The summed E-state index contributed by atoms with van der Waals surface area (Å²) in [6.45, 7) is 3.51. The van der Waals surface area contributed by atoms with Crippen LogP contribution in [0.1, 0.15) is 39.5 Å². The molecule has 6 heteroatoms. The number of ether oxygens (including phenoxy) is 2. The van der Waals surface area contributed by atoms with Gasteiger partial charge < -0.3 is 29.6 Å². The van der Waals surface area contributed by atoms with E-state index in [0.29, 0.717) is 19.4 Å². The Hall–Kier alpha value is -0.530. The van der Waals surface area contributed by atoms with Gasteiger partial charge in [-0.3, -0.25) is 0 Å². The average Bonchev–Trinajstić information content (AvgIpc) is 2.41. The van der Waals surface area contributed by atoms with Gasteiger partial charge in [-0.1, -0.05) is 6.92 Å². The fourth-order valence-corrected chi connectivity index (χ4v) is 2.41. The first-order chi connectivity index (χ1) is 9.51. The minimum absolute atomic E-state index is 0.157. The molecule has 1 rings (SSSR count). The van der Waals surface area contributed by atoms with Crippen LogP contribution >= 0.6 is 0 Å². The average molecular weight is 290 g/mol. The predicted molar refractivity (Wildman–Crippen MR) is 72.0 cm³/mol. The summed E-state index contributed by atoms with van der Waals surface area (Å²) in [5.74, 6) is -0.162. The molecule has 118 valence electrons. The van der Waals surface area contributed by atoms with Crippen LogP contribution in [0.4, 0.5) is 0 Å². The Balaban J connectivity index is 2.43. The largest absolute Gasteiger partial charge is 0.394 e. The number of hydrogen-bond donors (Lipinski definition) is 3. The zero-order chi connectivity index (χ0) is 15.1. The second-order valence-electron chi connectivity index (χ2n) is 5.31. The van der Waals surface area contributed by atoms with Crippen molar-refractivity contribution in [3.8, 4) is 0 Å². The van der Waals surface area contributed by atoms with E-state index in [1.165, 1.54) is 0 Å². The molecule has 0 aromatic rings. The summed E-state index contributed by atoms with van der Waals surface area (Å²) in [6, 6.07) is 0. The summed E-state index contributed by atoms with van der Waals surface area (Å²) < 4.78 is 11.1. The molecule has 0 spiro atoms. The Bertz CT molecular complexity index is 295. The molecule has 0 saturated carbocycles. The molecule has 1 aliphatic heterocycles. The number of rotatable bonds is 8. The highest BCUT2D eigenvalue weighted by atomic mass is 16.7. The van der Waals surface area contributed by atoms with Crippen LogP contribution in [-0.4, -0.2) is 58.9 Å². The molecule has 0 aromatic heterocycles. The number of aliphatic hydroxyl groups is 3. The molecule has 1 fully saturated rings. The molecule has 1 saturated heterocycles. The van der Waals surface area contributed by atoms with Gasteiger partial charge in [0.1, 0.15) is 18.0 Å². The highest BCUT2D eigenvalue weighted by Gasteiger charge is 2.43. The van der Waals surface area contributed by atoms with Crippen LogP contribution in [-0.2, 0) is 14.3 Å². The maximum atomic E-state index is 10.8. The van der Waals surface area contributed by atoms with Crippen LogP contribution in [0.15, 0.2) is 0 Å². The van der Waals surface area contributed by atoms with Gasteiger partial charge in [-0.2, -0.15) is 0 Å². The lowest BCUT2D eigenvalue weighted by molar-refractivity contribution is -0.286. The zero-order valence-electron chi connectivity index (χ0n) is 12.2. The van der Waals surface area contributed by atoms with E-state index in [1.54, 1.807) is 6.92 Å². The third-order valence-corrected chi connectivity index (χ3v) is 3.68. The van der Waals surface area contributed by atoms with Crippen LogP contribution in [0.5, 0.6) is 0 Å². The maximum Gasteiger partial charge on any atom is 0.163 e. The lowest BCUT2D eigenvalue weighted by Gasteiger charge is -2.41. The molecule has 0 aromatic carbocycles. The van der Waals surface area contributed by atoms with Crippen molar-refractivity contribution in [2.24, 2.45) is 5.92 Å². The quantitative estimate of drug-likeness (QED) is 0.554. The molecule has 2 unspecified atom stereocenters. The Morgan fingerprint density at radius 2 is 1.95 bits per heavy atom. The number of ketones is 1. The van der Waals surface area contributed by atoms with Crippen LogP contribution in [0.25, 0.3) is 0 Å². The highest BCUT2D eigenvalue weighted by Crippen LogP contribution is 2.29. The maximum absolute atomic E-state index is 10.8. The molecule has 0 radical (unpaired) electrons. The van der Waals surface area contributed by atoms with Crippen molar-refractivity contribution in [2.75, 3.05) is 13.2 Å². The minimum atomic E-state index is -1.09. The topological polar surface area (TPSA) is 96.2 Å². The van der Waals surface area contributed by atoms with Crippen molar-refractivity contribution in [2.45, 2.75) is 64.1 Å². The fourth-order valence-electron chi connectivity index (χ4n) is 2.41. The Morgan fingerprint density at radius 1 is 1.25 bits per heavy atom. The van der Waals surface area contributed by atoms with E-state index in [4.69, 9.17) is 14.6 Å². The molecule has 1 heterocycles. The smallest absolute Gasteiger partial charge is 0.163 e. The van der Waals surface area contributed by atoms with Gasteiger partial charge in [0, 0.05) is 18.9 Å². The van der Waals surface area contributed by atoms with Gasteiger partial charge in [0.15, 0.2) is 6.29 Å². The fraction of sp³-hybridized carbons (Fsp3) is 0.929. The number of hydrogen-bond acceptors (Lipinski definition) is 6. The molecule has 5 atom stereocenters. The molecule has 1 aliphatic rings. The molecule has 3 N–H and O–H groups in total. The number of carbonyl (C=O) groups is 1. The van der Waals surface area contributed by atoms with Crippen molar-refractivity contribution in [1.29, 1.82) is 0 Å². The zero-order valence-corrected chi connectivity index (χ0v) is 12.2. The first-order valence-electron chi connectivity index (χ1n) is 7.24.